The Bertz CT molecular complexity index is 334. The molecule has 0 aromatic rings. The first-order valence-corrected chi connectivity index (χ1v) is 7.21. The summed E-state index contributed by atoms with van der Waals surface area (Å²) in [4.78, 5) is 22.1. The van der Waals surface area contributed by atoms with Crippen molar-refractivity contribution in [2.75, 3.05) is 5.75 Å². The summed E-state index contributed by atoms with van der Waals surface area (Å²) in [5.41, 5.74) is -0.467. The molecular formula is C12H20O6S. The molecule has 1 aliphatic heterocycles. The van der Waals surface area contributed by atoms with Crippen molar-refractivity contribution in [3.05, 3.63) is 0 Å². The Morgan fingerprint density at radius 3 is 2.21 bits per heavy atom. The van der Waals surface area contributed by atoms with E-state index in [2.05, 4.69) is 0 Å². The first kappa shape index (κ1) is 16.3. The van der Waals surface area contributed by atoms with Crippen molar-refractivity contribution in [2.45, 2.75) is 57.5 Å². The molecule has 7 heteroatoms. The van der Waals surface area contributed by atoms with Gasteiger partial charge in [0, 0.05) is 13.8 Å². The number of esters is 2. The fraction of sp³-hybridized carbons (Fsp3) is 0.833. The lowest BCUT2D eigenvalue weighted by Crippen LogP contribution is -2.58. The standard InChI is InChI=1S/C12H20O6S/c1-5-19-12-11(18-8(4)14)9(15)10(6(2)16-12)17-7(3)13/h6,9-12,15H,5H2,1-4H3/t6-,9+,10+,11-,12+/m0/s1. The third-order valence-electron chi connectivity index (χ3n) is 2.69. The van der Waals surface area contributed by atoms with Crippen molar-refractivity contribution in [2.24, 2.45) is 0 Å². The van der Waals surface area contributed by atoms with Crippen LogP contribution in [0.25, 0.3) is 0 Å². The summed E-state index contributed by atoms with van der Waals surface area (Å²) in [6.07, 6.45) is -3.24. The van der Waals surface area contributed by atoms with Gasteiger partial charge >= 0.3 is 11.9 Å². The van der Waals surface area contributed by atoms with Gasteiger partial charge in [0.1, 0.15) is 11.5 Å². The van der Waals surface area contributed by atoms with Crippen LogP contribution in [0.4, 0.5) is 0 Å². The molecule has 1 saturated heterocycles. The Morgan fingerprint density at radius 1 is 1.21 bits per heavy atom. The average molecular weight is 292 g/mol. The van der Waals surface area contributed by atoms with E-state index in [0.29, 0.717) is 0 Å². The van der Waals surface area contributed by atoms with Crippen LogP contribution >= 0.6 is 11.8 Å². The highest BCUT2D eigenvalue weighted by molar-refractivity contribution is 7.99. The number of hydrogen-bond donors (Lipinski definition) is 1. The lowest BCUT2D eigenvalue weighted by molar-refractivity contribution is -0.219. The van der Waals surface area contributed by atoms with E-state index in [0.717, 1.165) is 5.75 Å². The van der Waals surface area contributed by atoms with Gasteiger partial charge in [-0.05, 0) is 12.7 Å². The summed E-state index contributed by atoms with van der Waals surface area (Å²) in [6.45, 7) is 6.17. The molecule has 5 atom stereocenters. The highest BCUT2D eigenvalue weighted by atomic mass is 32.2. The molecule has 0 spiro atoms. The topological polar surface area (TPSA) is 82.1 Å². The Kier molecular flexibility index (Phi) is 6.09. The Morgan fingerprint density at radius 2 is 1.74 bits per heavy atom. The van der Waals surface area contributed by atoms with E-state index in [-0.39, 0.29) is 0 Å². The normalized spacial score (nSPS) is 34.7. The first-order chi connectivity index (χ1) is 8.86. The Hall–Kier alpha value is -0.790. The largest absolute Gasteiger partial charge is 0.457 e. The van der Waals surface area contributed by atoms with Crippen molar-refractivity contribution < 1.29 is 28.9 Å². The van der Waals surface area contributed by atoms with Gasteiger partial charge in [-0.3, -0.25) is 9.59 Å². The van der Waals surface area contributed by atoms with Crippen LogP contribution in [0, 0.1) is 0 Å². The lowest BCUT2D eigenvalue weighted by atomic mass is 10.0. The van der Waals surface area contributed by atoms with E-state index in [4.69, 9.17) is 14.2 Å². The summed E-state index contributed by atoms with van der Waals surface area (Å²) in [5, 5.41) is 10.2. The molecule has 6 nitrogen and oxygen atoms in total. The van der Waals surface area contributed by atoms with Gasteiger partial charge in [-0.2, -0.15) is 0 Å². The number of carbonyl (C=O) groups is 2. The summed E-state index contributed by atoms with van der Waals surface area (Å²) in [7, 11) is 0. The number of aliphatic hydroxyl groups excluding tert-OH is 1. The minimum absolute atomic E-state index is 0.463. The number of hydrogen-bond acceptors (Lipinski definition) is 7. The van der Waals surface area contributed by atoms with Gasteiger partial charge in [0.15, 0.2) is 12.2 Å². The minimum atomic E-state index is -1.10. The molecule has 0 unspecified atom stereocenters. The van der Waals surface area contributed by atoms with E-state index < -0.39 is 41.8 Å². The molecule has 1 rings (SSSR count). The summed E-state index contributed by atoms with van der Waals surface area (Å²) in [5.74, 6) is -0.270. The number of rotatable bonds is 4. The Balaban J connectivity index is 2.85. The summed E-state index contributed by atoms with van der Waals surface area (Å²) >= 11 is 1.43. The second-order valence-corrected chi connectivity index (χ2v) is 5.68. The maximum atomic E-state index is 11.1. The van der Waals surface area contributed by atoms with Gasteiger partial charge in [0.25, 0.3) is 0 Å². The molecule has 1 N–H and O–H groups in total. The van der Waals surface area contributed by atoms with Crippen LogP contribution < -0.4 is 0 Å². The minimum Gasteiger partial charge on any atom is -0.457 e. The van der Waals surface area contributed by atoms with Gasteiger partial charge in [-0.15, -0.1) is 11.8 Å². The molecule has 0 aliphatic carbocycles. The van der Waals surface area contributed by atoms with Crippen LogP contribution in [0.2, 0.25) is 0 Å². The smallest absolute Gasteiger partial charge is 0.303 e. The molecule has 0 aromatic heterocycles. The predicted octanol–water partition coefficient (Wildman–Crippen LogP) is 0.709. The van der Waals surface area contributed by atoms with E-state index in [1.807, 2.05) is 6.92 Å². The molecule has 0 saturated carbocycles. The van der Waals surface area contributed by atoms with Gasteiger partial charge in [0.2, 0.25) is 0 Å². The molecule has 19 heavy (non-hydrogen) atoms. The zero-order chi connectivity index (χ0) is 14.6. The quantitative estimate of drug-likeness (QED) is 0.764. The van der Waals surface area contributed by atoms with Crippen molar-refractivity contribution in [1.82, 2.24) is 0 Å². The number of carbonyl (C=O) groups excluding carboxylic acids is 2. The zero-order valence-electron chi connectivity index (χ0n) is 11.5. The van der Waals surface area contributed by atoms with Gasteiger partial charge in [0.05, 0.1) is 6.10 Å². The molecule has 0 bridgehead atoms. The van der Waals surface area contributed by atoms with Crippen LogP contribution in [0.5, 0.6) is 0 Å². The molecule has 110 valence electrons. The van der Waals surface area contributed by atoms with Crippen molar-refractivity contribution in [3.63, 3.8) is 0 Å². The average Bonchev–Trinajstić information content (AvgIpc) is 2.29. The third-order valence-corrected chi connectivity index (χ3v) is 3.73. The first-order valence-electron chi connectivity index (χ1n) is 6.16. The summed E-state index contributed by atoms with van der Waals surface area (Å²) < 4.78 is 15.8. The van der Waals surface area contributed by atoms with Crippen LogP contribution in [-0.4, -0.2) is 52.6 Å². The van der Waals surface area contributed by atoms with Crippen molar-refractivity contribution >= 4 is 23.7 Å². The molecule has 0 aromatic carbocycles. The monoisotopic (exact) mass is 292 g/mol. The van der Waals surface area contributed by atoms with Crippen LogP contribution in [0.3, 0.4) is 0 Å². The van der Waals surface area contributed by atoms with Crippen LogP contribution in [0.15, 0.2) is 0 Å². The molecular weight excluding hydrogens is 272 g/mol. The SMILES string of the molecule is CCS[C@H]1O[C@@H](C)[C@@H](OC(C)=O)[C@@H](O)[C@@H]1OC(C)=O. The maximum Gasteiger partial charge on any atom is 0.303 e. The third kappa shape index (κ3) is 4.36. The van der Waals surface area contributed by atoms with Crippen LogP contribution in [0.1, 0.15) is 27.7 Å². The van der Waals surface area contributed by atoms with Crippen molar-refractivity contribution in [3.8, 4) is 0 Å². The fourth-order valence-electron chi connectivity index (χ4n) is 1.96. The molecule has 1 aliphatic rings. The molecule has 0 amide bonds. The fourth-order valence-corrected chi connectivity index (χ4v) is 2.95. The highest BCUT2D eigenvalue weighted by Crippen LogP contribution is 2.31. The molecule has 0 radical (unpaired) electrons. The molecule has 1 heterocycles. The van der Waals surface area contributed by atoms with E-state index in [1.54, 1.807) is 6.92 Å². The predicted molar refractivity (Wildman–Crippen MR) is 69.6 cm³/mol. The Labute approximate surface area is 116 Å². The van der Waals surface area contributed by atoms with Gasteiger partial charge in [-0.25, -0.2) is 0 Å². The zero-order valence-corrected chi connectivity index (χ0v) is 12.3. The number of thioether (sulfide) groups is 1. The van der Waals surface area contributed by atoms with E-state index >= 15 is 0 Å². The number of ether oxygens (including phenoxy) is 3. The van der Waals surface area contributed by atoms with Gasteiger partial charge < -0.3 is 19.3 Å². The number of aliphatic hydroxyl groups is 1. The van der Waals surface area contributed by atoms with Crippen molar-refractivity contribution in [1.29, 1.82) is 0 Å². The van der Waals surface area contributed by atoms with E-state index in [1.165, 1.54) is 25.6 Å². The van der Waals surface area contributed by atoms with E-state index in [9.17, 15) is 14.7 Å². The highest BCUT2D eigenvalue weighted by Gasteiger charge is 2.47. The summed E-state index contributed by atoms with van der Waals surface area (Å²) in [6, 6.07) is 0. The lowest BCUT2D eigenvalue weighted by Gasteiger charge is -2.42. The molecule has 1 fully saturated rings. The van der Waals surface area contributed by atoms with Crippen LogP contribution in [-0.2, 0) is 23.8 Å². The second-order valence-electron chi connectivity index (χ2n) is 4.30. The second kappa shape index (κ2) is 7.12. The maximum absolute atomic E-state index is 11.1. The van der Waals surface area contributed by atoms with Gasteiger partial charge in [-0.1, -0.05) is 6.92 Å².